The summed E-state index contributed by atoms with van der Waals surface area (Å²) in [6.45, 7) is -0.160. The highest BCUT2D eigenvalue weighted by Gasteiger charge is 2.35. The van der Waals surface area contributed by atoms with Crippen LogP contribution in [0, 0.1) is 0 Å². The lowest BCUT2D eigenvalue weighted by Gasteiger charge is -2.17. The van der Waals surface area contributed by atoms with Crippen molar-refractivity contribution >= 4 is 60.6 Å². The van der Waals surface area contributed by atoms with Crippen LogP contribution in [0.3, 0.4) is 0 Å². The van der Waals surface area contributed by atoms with Gasteiger partial charge in [0.05, 0.1) is 22.9 Å². The summed E-state index contributed by atoms with van der Waals surface area (Å²) in [6, 6.07) is 20.3. The van der Waals surface area contributed by atoms with Crippen LogP contribution < -0.4 is 4.31 Å². The molecule has 0 saturated carbocycles. The second kappa shape index (κ2) is 9.43. The summed E-state index contributed by atoms with van der Waals surface area (Å²) < 4.78 is 29.0. The summed E-state index contributed by atoms with van der Waals surface area (Å²) in [6.07, 6.45) is 2.40. The fourth-order valence-electron chi connectivity index (χ4n) is 4.01. The van der Waals surface area contributed by atoms with Gasteiger partial charge in [0.15, 0.2) is 5.78 Å². The summed E-state index contributed by atoms with van der Waals surface area (Å²) in [5, 5.41) is 1.01. The average Bonchev–Trinajstić information content (AvgIpc) is 3.34. The molecule has 0 unspecified atom stereocenters. The topological polar surface area (TPSA) is 72.3 Å². The van der Waals surface area contributed by atoms with Gasteiger partial charge in [-0.15, -0.1) is 0 Å². The van der Waals surface area contributed by atoms with Crippen molar-refractivity contribution in [2.24, 2.45) is 0 Å². The third kappa shape index (κ3) is 5.02. The van der Waals surface area contributed by atoms with Crippen LogP contribution in [-0.2, 0) is 21.2 Å². The lowest BCUT2D eigenvalue weighted by Crippen LogP contribution is -2.25. The average molecular weight is 591 g/mol. The number of Topliss-reactive ketones (excluding diaryl/α,β-unsaturated/α-hetero) is 1. The Bertz CT molecular complexity index is 1550. The molecule has 1 fully saturated rings. The predicted octanol–water partition coefficient (Wildman–Crippen LogP) is 5.92. The van der Waals surface area contributed by atoms with Crippen molar-refractivity contribution < 1.29 is 13.2 Å². The molecule has 0 radical (unpaired) electrons. The normalized spacial score (nSPS) is 15.1. The molecule has 1 aliphatic rings. The highest BCUT2D eigenvalue weighted by molar-refractivity contribution is 9.10. The number of rotatable bonds is 5. The molecule has 0 amide bonds. The molecule has 178 valence electrons. The van der Waals surface area contributed by atoms with Gasteiger partial charge in [-0.1, -0.05) is 57.3 Å². The van der Waals surface area contributed by atoms with Crippen LogP contribution >= 0.6 is 39.1 Å². The summed E-state index contributed by atoms with van der Waals surface area (Å²) in [5.74, 6) is -0.0597. The molecule has 4 aromatic rings. The first-order valence-electron chi connectivity index (χ1n) is 10.6. The number of nitrogens with zero attached hydrogens (tertiary/aromatic N) is 3. The van der Waals surface area contributed by atoms with E-state index in [2.05, 4.69) is 15.9 Å². The lowest BCUT2D eigenvalue weighted by atomic mass is 10.1. The summed E-state index contributed by atoms with van der Waals surface area (Å²) >= 11 is 16.0. The van der Waals surface area contributed by atoms with Gasteiger partial charge in [0.2, 0.25) is 10.0 Å². The number of benzene rings is 3. The molecule has 0 N–H and O–H groups in total. The number of hydrogen-bond acceptors (Lipinski definition) is 4. The van der Waals surface area contributed by atoms with Crippen molar-refractivity contribution in [2.75, 3.05) is 16.6 Å². The Morgan fingerprint density at radius 2 is 1.71 bits per heavy atom. The van der Waals surface area contributed by atoms with Crippen LogP contribution in [0.15, 0.2) is 77.4 Å². The minimum Gasteiger partial charge on any atom is -0.303 e. The molecular weight excluding hydrogens is 573 g/mol. The minimum absolute atomic E-state index is 0.160. The van der Waals surface area contributed by atoms with Crippen molar-refractivity contribution in [3.8, 4) is 16.9 Å². The summed E-state index contributed by atoms with van der Waals surface area (Å²) in [5.41, 5.74) is 3.59. The molecule has 1 saturated heterocycles. The van der Waals surface area contributed by atoms with E-state index in [0.29, 0.717) is 33.5 Å². The van der Waals surface area contributed by atoms with Crippen LogP contribution in [0.2, 0.25) is 10.0 Å². The standard InChI is InChI=1S/C25H18BrCl2N3O3S/c26-17-6-4-16(5-7-17)10-25-29-24(22-9-8-18(27)11-23(22)28)14-30(25)19-2-1-3-20(12-19)31-13-21(32)15-35(31,33)34/h1-9,11-12,14H,10,13,15H2. The summed E-state index contributed by atoms with van der Waals surface area (Å²) in [4.78, 5) is 16.7. The molecule has 5 rings (SSSR count). The van der Waals surface area contributed by atoms with Gasteiger partial charge in [-0.3, -0.25) is 9.10 Å². The number of hydrogen-bond donors (Lipinski definition) is 0. The highest BCUT2D eigenvalue weighted by atomic mass is 79.9. The van der Waals surface area contributed by atoms with Gasteiger partial charge in [0.25, 0.3) is 0 Å². The van der Waals surface area contributed by atoms with Gasteiger partial charge in [0.1, 0.15) is 11.6 Å². The van der Waals surface area contributed by atoms with Crippen LogP contribution in [0.5, 0.6) is 0 Å². The zero-order valence-corrected chi connectivity index (χ0v) is 22.1. The van der Waals surface area contributed by atoms with Crippen LogP contribution in [0.25, 0.3) is 16.9 Å². The quantitative estimate of drug-likeness (QED) is 0.289. The molecule has 10 heteroatoms. The zero-order chi connectivity index (χ0) is 24.7. The predicted molar refractivity (Wildman–Crippen MR) is 142 cm³/mol. The van der Waals surface area contributed by atoms with Crippen LogP contribution in [-0.4, -0.2) is 36.0 Å². The second-order valence-corrected chi connectivity index (χ2v) is 11.8. The van der Waals surface area contributed by atoms with Gasteiger partial charge in [-0.25, -0.2) is 13.4 Å². The molecule has 3 aromatic carbocycles. The van der Waals surface area contributed by atoms with Gasteiger partial charge in [0, 0.05) is 33.4 Å². The SMILES string of the molecule is O=C1CN(c2cccc(-n3cc(-c4ccc(Cl)cc4Cl)nc3Cc3ccc(Br)cc3)c2)S(=O)(=O)C1. The van der Waals surface area contributed by atoms with Crippen molar-refractivity contribution in [1.29, 1.82) is 0 Å². The van der Waals surface area contributed by atoms with Crippen LogP contribution in [0.4, 0.5) is 5.69 Å². The summed E-state index contributed by atoms with van der Waals surface area (Å²) in [7, 11) is -3.67. The molecule has 35 heavy (non-hydrogen) atoms. The monoisotopic (exact) mass is 589 g/mol. The number of aromatic nitrogens is 2. The first-order chi connectivity index (χ1) is 16.7. The molecular formula is C25H18BrCl2N3O3S. The van der Waals surface area contributed by atoms with Crippen molar-refractivity contribution in [1.82, 2.24) is 9.55 Å². The third-order valence-corrected chi connectivity index (χ3v) is 8.43. The second-order valence-electron chi connectivity index (χ2n) is 8.16. The molecule has 0 bridgehead atoms. The maximum atomic E-state index is 12.5. The zero-order valence-electron chi connectivity index (χ0n) is 18.2. The van der Waals surface area contributed by atoms with E-state index < -0.39 is 15.8 Å². The van der Waals surface area contributed by atoms with Gasteiger partial charge < -0.3 is 4.57 Å². The fourth-order valence-corrected chi connectivity index (χ4v) is 6.21. The van der Waals surface area contributed by atoms with E-state index in [0.717, 1.165) is 25.7 Å². The number of imidazole rings is 1. The van der Waals surface area contributed by atoms with E-state index in [1.807, 2.05) is 47.2 Å². The molecule has 2 heterocycles. The van der Waals surface area contributed by atoms with Gasteiger partial charge in [-0.2, -0.15) is 0 Å². The van der Waals surface area contributed by atoms with E-state index in [1.54, 1.807) is 30.3 Å². The molecule has 1 aromatic heterocycles. The number of carbonyl (C=O) groups excluding carboxylic acids is 1. The Morgan fingerprint density at radius 1 is 0.971 bits per heavy atom. The van der Waals surface area contributed by atoms with E-state index >= 15 is 0 Å². The Morgan fingerprint density at radius 3 is 2.40 bits per heavy atom. The maximum absolute atomic E-state index is 12.5. The van der Waals surface area contributed by atoms with Crippen molar-refractivity contribution in [3.05, 3.63) is 98.8 Å². The maximum Gasteiger partial charge on any atom is 0.242 e. The Balaban J connectivity index is 1.61. The number of ketones is 1. The Hall–Kier alpha value is -2.65. The van der Waals surface area contributed by atoms with E-state index in [4.69, 9.17) is 28.2 Å². The van der Waals surface area contributed by atoms with Gasteiger partial charge >= 0.3 is 0 Å². The van der Waals surface area contributed by atoms with E-state index in [1.165, 1.54) is 0 Å². The number of carbonyl (C=O) groups is 1. The third-order valence-electron chi connectivity index (χ3n) is 5.66. The van der Waals surface area contributed by atoms with Crippen LogP contribution in [0.1, 0.15) is 11.4 Å². The minimum atomic E-state index is -3.67. The highest BCUT2D eigenvalue weighted by Crippen LogP contribution is 2.32. The molecule has 6 nitrogen and oxygen atoms in total. The van der Waals surface area contributed by atoms with E-state index in [-0.39, 0.29) is 12.3 Å². The van der Waals surface area contributed by atoms with E-state index in [9.17, 15) is 13.2 Å². The number of halogens is 3. The smallest absolute Gasteiger partial charge is 0.242 e. The molecule has 0 spiro atoms. The molecule has 1 aliphatic heterocycles. The van der Waals surface area contributed by atoms with Gasteiger partial charge in [-0.05, 0) is 54.1 Å². The Labute approximate surface area is 221 Å². The fraction of sp³-hybridized carbons (Fsp3) is 0.120. The first-order valence-corrected chi connectivity index (χ1v) is 13.8. The molecule has 0 atom stereocenters. The van der Waals surface area contributed by atoms with Crippen molar-refractivity contribution in [3.63, 3.8) is 0 Å². The largest absolute Gasteiger partial charge is 0.303 e. The number of anilines is 1. The first kappa shape index (κ1) is 24.1. The lowest BCUT2D eigenvalue weighted by molar-refractivity contribution is -0.114. The number of sulfonamides is 1. The molecule has 0 aliphatic carbocycles. The van der Waals surface area contributed by atoms with Crippen molar-refractivity contribution in [2.45, 2.75) is 6.42 Å². The Kier molecular flexibility index (Phi) is 6.48.